The Morgan fingerprint density at radius 2 is 1.83 bits per heavy atom. The van der Waals surface area contributed by atoms with Gasteiger partial charge < -0.3 is 19.9 Å². The molecular formula is C26H21ClN2O6. The van der Waals surface area contributed by atoms with Gasteiger partial charge in [0.05, 0.1) is 22.9 Å². The van der Waals surface area contributed by atoms with Crippen LogP contribution in [0.1, 0.15) is 28.4 Å². The summed E-state index contributed by atoms with van der Waals surface area (Å²) in [5.74, 6) is -0.896. The van der Waals surface area contributed by atoms with Crippen LogP contribution in [0.3, 0.4) is 0 Å². The van der Waals surface area contributed by atoms with Crippen molar-refractivity contribution in [3.05, 3.63) is 94.1 Å². The van der Waals surface area contributed by atoms with Gasteiger partial charge in [-0.3, -0.25) is 4.79 Å². The predicted octanol–water partition coefficient (Wildman–Crippen LogP) is 5.11. The first-order valence-electron chi connectivity index (χ1n) is 10.7. The Kier molecular flexibility index (Phi) is 7.03. The number of hydrogen-bond donors (Lipinski definition) is 2. The topological polar surface area (TPSA) is 105 Å². The van der Waals surface area contributed by atoms with Gasteiger partial charge in [0.2, 0.25) is 0 Å². The Hall–Kier alpha value is -4.30. The summed E-state index contributed by atoms with van der Waals surface area (Å²) in [6, 6.07) is 17.7. The number of carbonyl (C=O) groups excluding carboxylic acids is 2. The quantitative estimate of drug-likeness (QED) is 0.334. The van der Waals surface area contributed by atoms with Crippen LogP contribution in [0.15, 0.2) is 72.4 Å². The average molecular weight is 493 g/mol. The van der Waals surface area contributed by atoms with E-state index in [4.69, 9.17) is 21.1 Å². The van der Waals surface area contributed by atoms with E-state index < -0.39 is 17.9 Å². The summed E-state index contributed by atoms with van der Waals surface area (Å²) in [6.07, 6.45) is 1.51. The molecule has 1 saturated heterocycles. The van der Waals surface area contributed by atoms with Gasteiger partial charge in [0, 0.05) is 0 Å². The molecule has 1 heterocycles. The zero-order valence-electron chi connectivity index (χ0n) is 18.7. The molecule has 3 amide bonds. The molecule has 2 N–H and O–H groups in total. The van der Waals surface area contributed by atoms with Gasteiger partial charge in [-0.05, 0) is 60.5 Å². The maximum absolute atomic E-state index is 12.9. The van der Waals surface area contributed by atoms with E-state index in [-0.39, 0.29) is 28.6 Å². The molecule has 3 aromatic carbocycles. The summed E-state index contributed by atoms with van der Waals surface area (Å²) in [5.41, 5.74) is 1.88. The smallest absolute Gasteiger partial charge is 0.335 e. The molecule has 35 heavy (non-hydrogen) atoms. The number of hydrogen-bond acceptors (Lipinski definition) is 5. The van der Waals surface area contributed by atoms with Crippen molar-refractivity contribution in [2.75, 3.05) is 11.5 Å². The zero-order chi connectivity index (χ0) is 24.9. The van der Waals surface area contributed by atoms with Gasteiger partial charge in [0.25, 0.3) is 5.91 Å². The molecule has 1 aliphatic heterocycles. The minimum atomic E-state index is -1.03. The third-order valence-electron chi connectivity index (χ3n) is 5.09. The molecule has 0 spiro atoms. The number of urea groups is 1. The second-order valence-corrected chi connectivity index (χ2v) is 7.93. The molecule has 0 aliphatic carbocycles. The highest BCUT2D eigenvalue weighted by molar-refractivity contribution is 6.32. The molecule has 1 aliphatic rings. The number of imide groups is 1. The summed E-state index contributed by atoms with van der Waals surface area (Å²) in [7, 11) is 0. The molecule has 8 nitrogen and oxygen atoms in total. The highest BCUT2D eigenvalue weighted by Crippen LogP contribution is 2.38. The number of benzene rings is 3. The molecule has 4 rings (SSSR count). The van der Waals surface area contributed by atoms with E-state index in [0.29, 0.717) is 29.2 Å². The van der Waals surface area contributed by atoms with Crippen LogP contribution in [0.25, 0.3) is 6.08 Å². The summed E-state index contributed by atoms with van der Waals surface area (Å²) in [5, 5.41) is 12.0. The number of carbonyl (C=O) groups is 3. The molecule has 0 unspecified atom stereocenters. The number of aromatic carboxylic acids is 1. The molecule has 0 saturated carbocycles. The standard InChI is InChI=1S/C26H21ClN2O6/c1-2-34-22-14-17(13-21-24(30)29(26(33)28-21)19-9-4-3-5-10-19)12-20(27)23(22)35-15-16-7-6-8-18(11-16)25(31)32/h3-14H,2,15H2,1H3,(H,28,33)(H,31,32). The fourth-order valence-electron chi connectivity index (χ4n) is 3.54. The van der Waals surface area contributed by atoms with Gasteiger partial charge >= 0.3 is 12.0 Å². The first-order valence-corrected chi connectivity index (χ1v) is 11.1. The third kappa shape index (κ3) is 5.28. The SMILES string of the molecule is CCOc1cc(C=C2NC(=O)N(c3ccccc3)C2=O)cc(Cl)c1OCc1cccc(C(=O)O)c1. The van der Waals surface area contributed by atoms with E-state index in [9.17, 15) is 19.5 Å². The van der Waals surface area contributed by atoms with Crippen molar-refractivity contribution in [2.24, 2.45) is 0 Å². The van der Waals surface area contributed by atoms with Gasteiger partial charge in [-0.2, -0.15) is 0 Å². The van der Waals surface area contributed by atoms with Crippen molar-refractivity contribution < 1.29 is 29.0 Å². The van der Waals surface area contributed by atoms with Gasteiger partial charge in [-0.1, -0.05) is 41.9 Å². The minimum absolute atomic E-state index is 0.0714. The minimum Gasteiger partial charge on any atom is -0.490 e. The molecule has 0 atom stereocenters. The normalized spacial score (nSPS) is 14.2. The van der Waals surface area contributed by atoms with Crippen molar-refractivity contribution >= 4 is 41.3 Å². The van der Waals surface area contributed by atoms with Gasteiger partial charge in [0.15, 0.2) is 11.5 Å². The average Bonchev–Trinajstić information content (AvgIpc) is 3.12. The van der Waals surface area contributed by atoms with Crippen LogP contribution in [-0.2, 0) is 11.4 Å². The number of nitrogens with zero attached hydrogens (tertiary/aromatic N) is 1. The Bertz CT molecular complexity index is 1320. The molecule has 1 fully saturated rings. The van der Waals surface area contributed by atoms with E-state index in [2.05, 4.69) is 5.32 Å². The number of rotatable bonds is 8. The van der Waals surface area contributed by atoms with Gasteiger partial charge in [0.1, 0.15) is 12.3 Å². The molecule has 3 aromatic rings. The molecule has 0 bridgehead atoms. The lowest BCUT2D eigenvalue weighted by molar-refractivity contribution is -0.113. The number of amides is 3. The van der Waals surface area contributed by atoms with Crippen molar-refractivity contribution in [3.63, 3.8) is 0 Å². The van der Waals surface area contributed by atoms with Crippen LogP contribution in [-0.4, -0.2) is 29.6 Å². The number of anilines is 1. The summed E-state index contributed by atoms with van der Waals surface area (Å²) in [6.45, 7) is 2.21. The molecule has 0 aromatic heterocycles. The van der Waals surface area contributed by atoms with Crippen molar-refractivity contribution in [2.45, 2.75) is 13.5 Å². The van der Waals surface area contributed by atoms with E-state index in [1.807, 2.05) is 0 Å². The number of carboxylic acids is 1. The second-order valence-electron chi connectivity index (χ2n) is 7.52. The third-order valence-corrected chi connectivity index (χ3v) is 5.37. The maximum atomic E-state index is 12.9. The Balaban J connectivity index is 1.59. The summed E-state index contributed by atoms with van der Waals surface area (Å²) in [4.78, 5) is 37.5. The van der Waals surface area contributed by atoms with E-state index in [0.717, 1.165) is 4.90 Å². The molecule has 178 valence electrons. The fraction of sp³-hybridized carbons (Fsp3) is 0.115. The van der Waals surface area contributed by atoms with Crippen LogP contribution in [0.4, 0.5) is 10.5 Å². The fourth-order valence-corrected chi connectivity index (χ4v) is 3.81. The first kappa shape index (κ1) is 23.8. The number of halogens is 1. The van der Waals surface area contributed by atoms with Crippen LogP contribution < -0.4 is 19.7 Å². The van der Waals surface area contributed by atoms with E-state index in [1.165, 1.54) is 18.2 Å². The van der Waals surface area contributed by atoms with Gasteiger partial charge in [-0.15, -0.1) is 0 Å². The monoisotopic (exact) mass is 492 g/mol. The summed E-state index contributed by atoms with van der Waals surface area (Å²) >= 11 is 6.48. The molecule has 9 heteroatoms. The zero-order valence-corrected chi connectivity index (χ0v) is 19.4. The highest BCUT2D eigenvalue weighted by Gasteiger charge is 2.34. The first-order chi connectivity index (χ1) is 16.9. The van der Waals surface area contributed by atoms with E-state index in [1.54, 1.807) is 61.5 Å². The molecular weight excluding hydrogens is 472 g/mol. The van der Waals surface area contributed by atoms with Crippen molar-refractivity contribution in [1.82, 2.24) is 5.32 Å². The summed E-state index contributed by atoms with van der Waals surface area (Å²) < 4.78 is 11.6. The highest BCUT2D eigenvalue weighted by atomic mass is 35.5. The maximum Gasteiger partial charge on any atom is 0.335 e. The van der Waals surface area contributed by atoms with Crippen molar-refractivity contribution in [1.29, 1.82) is 0 Å². The van der Waals surface area contributed by atoms with Gasteiger partial charge in [-0.25, -0.2) is 14.5 Å². The van der Waals surface area contributed by atoms with Crippen molar-refractivity contribution in [3.8, 4) is 11.5 Å². The lowest BCUT2D eigenvalue weighted by Crippen LogP contribution is -2.30. The number of carboxylic acid groups (broad SMARTS) is 1. The number of ether oxygens (including phenoxy) is 2. The second kappa shape index (κ2) is 10.3. The van der Waals surface area contributed by atoms with Crippen LogP contribution in [0, 0.1) is 0 Å². The lowest BCUT2D eigenvalue weighted by Gasteiger charge is -2.15. The van der Waals surface area contributed by atoms with Crippen LogP contribution in [0.5, 0.6) is 11.5 Å². The van der Waals surface area contributed by atoms with Crippen LogP contribution >= 0.6 is 11.6 Å². The van der Waals surface area contributed by atoms with Crippen LogP contribution in [0.2, 0.25) is 5.02 Å². The Morgan fingerprint density at radius 3 is 2.54 bits per heavy atom. The predicted molar refractivity (Wildman–Crippen MR) is 131 cm³/mol. The van der Waals surface area contributed by atoms with E-state index >= 15 is 0 Å². The Labute approximate surface area is 206 Å². The lowest BCUT2D eigenvalue weighted by atomic mass is 10.1. The Morgan fingerprint density at radius 1 is 1.06 bits per heavy atom. The number of nitrogens with one attached hydrogen (secondary N) is 1. The molecule has 0 radical (unpaired) electrons. The largest absolute Gasteiger partial charge is 0.490 e. The number of para-hydroxylation sites is 1.